The van der Waals surface area contributed by atoms with Crippen LogP contribution in [0.1, 0.15) is 18.1 Å². The van der Waals surface area contributed by atoms with Crippen LogP contribution in [0.4, 0.5) is 5.69 Å². The Balaban J connectivity index is 2.06. The normalized spacial score (nSPS) is 11.7. The van der Waals surface area contributed by atoms with E-state index >= 15 is 0 Å². The molecular formula is C21H18N2. The molecule has 0 atom stereocenters. The number of rotatable bonds is 3. The molecular weight excluding hydrogens is 280 g/mol. The van der Waals surface area contributed by atoms with Gasteiger partial charge in [-0.15, -0.1) is 0 Å². The second-order valence-electron chi connectivity index (χ2n) is 5.63. The van der Waals surface area contributed by atoms with Crippen molar-refractivity contribution in [3.8, 4) is 6.07 Å². The van der Waals surface area contributed by atoms with E-state index in [9.17, 15) is 5.26 Å². The molecule has 2 nitrogen and oxygen atoms in total. The van der Waals surface area contributed by atoms with Crippen LogP contribution in [0.15, 0.2) is 72.4 Å². The Hall–Kier alpha value is -3.05. The molecule has 0 fully saturated rings. The molecule has 0 aromatic heterocycles. The first-order valence-electron chi connectivity index (χ1n) is 7.62. The number of hydrogen-bond acceptors (Lipinski definition) is 2. The monoisotopic (exact) mass is 298 g/mol. The van der Waals surface area contributed by atoms with Gasteiger partial charge in [0, 0.05) is 16.9 Å². The van der Waals surface area contributed by atoms with E-state index < -0.39 is 0 Å². The van der Waals surface area contributed by atoms with E-state index in [4.69, 9.17) is 0 Å². The van der Waals surface area contributed by atoms with E-state index in [2.05, 4.69) is 48.6 Å². The van der Waals surface area contributed by atoms with Crippen molar-refractivity contribution in [3.05, 3.63) is 83.6 Å². The SMILES string of the molecule is C/C(Nc1ccc(C)cc1)=C(/C#N)c1cccc2ccccc12. The van der Waals surface area contributed by atoms with Crippen molar-refractivity contribution in [1.29, 1.82) is 5.26 Å². The summed E-state index contributed by atoms with van der Waals surface area (Å²) in [6.45, 7) is 4.00. The van der Waals surface area contributed by atoms with E-state index in [0.717, 1.165) is 27.7 Å². The van der Waals surface area contributed by atoms with Crippen molar-refractivity contribution in [3.63, 3.8) is 0 Å². The number of anilines is 1. The minimum atomic E-state index is 0.669. The molecule has 0 radical (unpaired) electrons. The van der Waals surface area contributed by atoms with E-state index in [1.165, 1.54) is 5.56 Å². The van der Waals surface area contributed by atoms with Gasteiger partial charge in [-0.3, -0.25) is 0 Å². The highest BCUT2D eigenvalue weighted by atomic mass is 14.9. The van der Waals surface area contributed by atoms with Crippen LogP contribution < -0.4 is 5.32 Å². The van der Waals surface area contributed by atoms with Crippen LogP contribution in [-0.2, 0) is 0 Å². The van der Waals surface area contributed by atoms with Gasteiger partial charge in [0.15, 0.2) is 0 Å². The number of aryl methyl sites for hydroxylation is 1. The fourth-order valence-corrected chi connectivity index (χ4v) is 2.71. The van der Waals surface area contributed by atoms with Crippen LogP contribution in [0.3, 0.4) is 0 Å². The van der Waals surface area contributed by atoms with Crippen molar-refractivity contribution in [2.75, 3.05) is 5.32 Å². The van der Waals surface area contributed by atoms with Gasteiger partial charge in [-0.2, -0.15) is 5.26 Å². The standard InChI is InChI=1S/C21H18N2/c1-15-10-12-18(13-11-15)23-16(2)21(14-22)20-9-5-7-17-6-3-4-8-19(17)20/h3-13,23H,1-2H3/b21-16+. The topological polar surface area (TPSA) is 35.8 Å². The van der Waals surface area contributed by atoms with E-state index in [1.54, 1.807) is 0 Å². The van der Waals surface area contributed by atoms with Crippen LogP contribution in [0.2, 0.25) is 0 Å². The second-order valence-corrected chi connectivity index (χ2v) is 5.63. The van der Waals surface area contributed by atoms with Crippen LogP contribution in [-0.4, -0.2) is 0 Å². The number of fused-ring (bicyclic) bond motifs is 1. The molecule has 0 aliphatic carbocycles. The highest BCUT2D eigenvalue weighted by Gasteiger charge is 2.09. The molecule has 3 aromatic rings. The lowest BCUT2D eigenvalue weighted by Crippen LogP contribution is -2.00. The van der Waals surface area contributed by atoms with Crippen molar-refractivity contribution >= 4 is 22.0 Å². The molecule has 0 unspecified atom stereocenters. The third-order valence-corrected chi connectivity index (χ3v) is 3.93. The number of hydrogen-bond donors (Lipinski definition) is 1. The summed E-state index contributed by atoms with van der Waals surface area (Å²) in [4.78, 5) is 0. The maximum atomic E-state index is 9.68. The number of benzene rings is 3. The molecule has 0 aliphatic heterocycles. The molecule has 0 saturated heterocycles. The Morgan fingerprint density at radius 3 is 2.35 bits per heavy atom. The summed E-state index contributed by atoms with van der Waals surface area (Å²) in [6, 6.07) is 24.7. The Morgan fingerprint density at radius 1 is 0.913 bits per heavy atom. The number of nitrogens with zero attached hydrogens (tertiary/aromatic N) is 1. The molecule has 112 valence electrons. The number of nitriles is 1. The first kappa shape index (κ1) is 14.9. The van der Waals surface area contributed by atoms with Gasteiger partial charge in [-0.05, 0) is 36.8 Å². The highest BCUT2D eigenvalue weighted by molar-refractivity contribution is 5.98. The zero-order valence-corrected chi connectivity index (χ0v) is 13.3. The largest absolute Gasteiger partial charge is 0.358 e. The molecule has 3 aromatic carbocycles. The first-order valence-corrected chi connectivity index (χ1v) is 7.62. The van der Waals surface area contributed by atoms with E-state index in [1.807, 2.05) is 43.3 Å². The average Bonchev–Trinajstić information content (AvgIpc) is 2.58. The fraction of sp³-hybridized carbons (Fsp3) is 0.0952. The highest BCUT2D eigenvalue weighted by Crippen LogP contribution is 2.27. The fourth-order valence-electron chi connectivity index (χ4n) is 2.71. The van der Waals surface area contributed by atoms with Crippen molar-refractivity contribution in [2.45, 2.75) is 13.8 Å². The summed E-state index contributed by atoms with van der Waals surface area (Å²) in [5, 5.41) is 15.3. The third-order valence-electron chi connectivity index (χ3n) is 3.93. The second kappa shape index (κ2) is 6.37. The van der Waals surface area contributed by atoms with Crippen LogP contribution >= 0.6 is 0 Å². The minimum absolute atomic E-state index is 0.669. The summed E-state index contributed by atoms with van der Waals surface area (Å²) in [5.74, 6) is 0. The zero-order valence-electron chi connectivity index (χ0n) is 13.3. The Morgan fingerprint density at radius 2 is 1.61 bits per heavy atom. The predicted molar refractivity (Wildman–Crippen MR) is 97.0 cm³/mol. The lowest BCUT2D eigenvalue weighted by atomic mass is 9.97. The zero-order chi connectivity index (χ0) is 16.2. The summed E-state index contributed by atoms with van der Waals surface area (Å²) in [6.07, 6.45) is 0. The van der Waals surface area contributed by atoms with Gasteiger partial charge < -0.3 is 5.32 Å². The summed E-state index contributed by atoms with van der Waals surface area (Å²) >= 11 is 0. The van der Waals surface area contributed by atoms with Gasteiger partial charge in [0.25, 0.3) is 0 Å². The molecule has 0 bridgehead atoms. The molecule has 0 spiro atoms. The maximum Gasteiger partial charge on any atom is 0.102 e. The maximum absolute atomic E-state index is 9.68. The molecule has 0 amide bonds. The number of allylic oxidation sites excluding steroid dienone is 2. The Kier molecular flexibility index (Phi) is 4.12. The lowest BCUT2D eigenvalue weighted by Gasteiger charge is -2.12. The summed E-state index contributed by atoms with van der Waals surface area (Å²) in [5.41, 5.74) is 4.69. The molecule has 0 saturated carbocycles. The van der Waals surface area contributed by atoms with Gasteiger partial charge in [-0.1, -0.05) is 60.2 Å². The van der Waals surface area contributed by atoms with E-state index in [-0.39, 0.29) is 0 Å². The molecule has 3 rings (SSSR count). The lowest BCUT2D eigenvalue weighted by molar-refractivity contribution is 1.36. The molecule has 0 aliphatic rings. The third kappa shape index (κ3) is 3.09. The Labute approximate surface area is 136 Å². The van der Waals surface area contributed by atoms with E-state index in [0.29, 0.717) is 5.57 Å². The molecule has 23 heavy (non-hydrogen) atoms. The van der Waals surface area contributed by atoms with Gasteiger partial charge in [0.2, 0.25) is 0 Å². The minimum Gasteiger partial charge on any atom is -0.358 e. The molecule has 2 heteroatoms. The average molecular weight is 298 g/mol. The smallest absolute Gasteiger partial charge is 0.102 e. The summed E-state index contributed by atoms with van der Waals surface area (Å²) in [7, 11) is 0. The van der Waals surface area contributed by atoms with Crippen LogP contribution in [0.5, 0.6) is 0 Å². The Bertz CT molecular complexity index is 907. The molecule has 1 N–H and O–H groups in total. The van der Waals surface area contributed by atoms with Crippen molar-refractivity contribution < 1.29 is 0 Å². The molecule has 0 heterocycles. The van der Waals surface area contributed by atoms with Gasteiger partial charge in [0.1, 0.15) is 6.07 Å². The van der Waals surface area contributed by atoms with Gasteiger partial charge in [-0.25, -0.2) is 0 Å². The predicted octanol–water partition coefficient (Wildman–Crippen LogP) is 5.51. The van der Waals surface area contributed by atoms with Crippen molar-refractivity contribution in [1.82, 2.24) is 0 Å². The van der Waals surface area contributed by atoms with Crippen LogP contribution in [0, 0.1) is 18.3 Å². The quantitative estimate of drug-likeness (QED) is 0.647. The van der Waals surface area contributed by atoms with Crippen molar-refractivity contribution in [2.24, 2.45) is 0 Å². The van der Waals surface area contributed by atoms with Crippen LogP contribution in [0.25, 0.3) is 16.3 Å². The summed E-state index contributed by atoms with van der Waals surface area (Å²) < 4.78 is 0. The number of nitrogens with one attached hydrogen (secondary N) is 1. The van der Waals surface area contributed by atoms with Gasteiger partial charge >= 0.3 is 0 Å². The first-order chi connectivity index (χ1) is 11.2. The van der Waals surface area contributed by atoms with Gasteiger partial charge in [0.05, 0.1) is 5.57 Å².